The van der Waals surface area contributed by atoms with Gasteiger partial charge in [0.05, 0.1) is 11.1 Å². The van der Waals surface area contributed by atoms with E-state index in [1.54, 1.807) is 0 Å². The molecule has 0 bridgehead atoms. The number of nitro groups is 1. The van der Waals surface area contributed by atoms with E-state index in [1.165, 1.54) is 30.0 Å². The molecule has 0 saturated carbocycles. The molecular weight excluding hydrogens is 372 g/mol. The number of benzene rings is 2. The Balaban J connectivity index is 1.91. The van der Waals surface area contributed by atoms with Gasteiger partial charge in [-0.15, -0.1) is 0 Å². The molecule has 0 radical (unpaired) electrons. The van der Waals surface area contributed by atoms with Gasteiger partial charge >= 0.3 is 11.8 Å². The Kier molecular flexibility index (Phi) is 7.36. The molecule has 0 unspecified atom stereocenters. The van der Waals surface area contributed by atoms with Crippen molar-refractivity contribution in [2.24, 2.45) is 5.10 Å². The summed E-state index contributed by atoms with van der Waals surface area (Å²) in [6.07, 6.45) is 3.32. The number of anilines is 1. The molecule has 0 aliphatic carbocycles. The second-order valence-corrected chi connectivity index (χ2v) is 6.67. The van der Waals surface area contributed by atoms with Crippen LogP contribution in [0.5, 0.6) is 0 Å². The second kappa shape index (κ2) is 9.93. The molecular formula is C21H22N4O4. The third-order valence-electron chi connectivity index (χ3n) is 3.95. The largest absolute Gasteiger partial charge is 0.329 e. The van der Waals surface area contributed by atoms with Crippen LogP contribution in [-0.2, 0) is 9.59 Å². The summed E-state index contributed by atoms with van der Waals surface area (Å²) in [7, 11) is 0. The number of hydrogen-bond acceptors (Lipinski definition) is 5. The minimum Gasteiger partial charge on any atom is -0.317 e. The average Bonchev–Trinajstić information content (AvgIpc) is 2.68. The molecule has 2 rings (SSSR count). The Labute approximate surface area is 168 Å². The molecule has 8 heteroatoms. The summed E-state index contributed by atoms with van der Waals surface area (Å²) in [5.41, 5.74) is 5.09. The van der Waals surface area contributed by atoms with Crippen molar-refractivity contribution in [2.45, 2.75) is 26.7 Å². The van der Waals surface area contributed by atoms with E-state index in [9.17, 15) is 19.7 Å². The fourth-order valence-corrected chi connectivity index (χ4v) is 2.41. The lowest BCUT2D eigenvalue weighted by atomic mass is 10.0. The number of allylic oxidation sites excluding steroid dienone is 1. The SMILES string of the molecule is CC(/C=N\NC(=O)C(=O)Nc1cccc([N+](=O)[O-])c1)=C/c1ccc(C(C)C)cc1. The predicted molar refractivity (Wildman–Crippen MR) is 113 cm³/mol. The maximum Gasteiger partial charge on any atom is 0.329 e. The summed E-state index contributed by atoms with van der Waals surface area (Å²) in [4.78, 5) is 33.8. The van der Waals surface area contributed by atoms with E-state index >= 15 is 0 Å². The van der Waals surface area contributed by atoms with Crippen molar-refractivity contribution < 1.29 is 14.5 Å². The van der Waals surface area contributed by atoms with Gasteiger partial charge in [-0.2, -0.15) is 5.10 Å². The zero-order valence-corrected chi connectivity index (χ0v) is 16.4. The molecule has 0 heterocycles. The topological polar surface area (TPSA) is 114 Å². The van der Waals surface area contributed by atoms with E-state index < -0.39 is 16.7 Å². The third kappa shape index (κ3) is 6.69. The van der Waals surface area contributed by atoms with Gasteiger partial charge in [0, 0.05) is 17.8 Å². The molecule has 2 N–H and O–H groups in total. The molecule has 0 aliphatic heterocycles. The average molecular weight is 394 g/mol. The van der Waals surface area contributed by atoms with Crippen LogP contribution in [0, 0.1) is 10.1 Å². The minimum atomic E-state index is -0.984. The molecule has 0 fully saturated rings. The molecule has 29 heavy (non-hydrogen) atoms. The number of nitrogens with zero attached hydrogens (tertiary/aromatic N) is 2. The number of rotatable bonds is 6. The first-order chi connectivity index (χ1) is 13.8. The zero-order valence-electron chi connectivity index (χ0n) is 16.4. The first-order valence-electron chi connectivity index (χ1n) is 8.93. The van der Waals surface area contributed by atoms with Crippen LogP contribution in [-0.4, -0.2) is 23.0 Å². The van der Waals surface area contributed by atoms with E-state index in [0.717, 1.165) is 17.2 Å². The number of non-ortho nitro benzene ring substituents is 1. The van der Waals surface area contributed by atoms with Crippen molar-refractivity contribution in [1.29, 1.82) is 0 Å². The van der Waals surface area contributed by atoms with Gasteiger partial charge in [-0.25, -0.2) is 5.43 Å². The Bertz CT molecular complexity index is 963. The van der Waals surface area contributed by atoms with Gasteiger partial charge in [0.1, 0.15) is 0 Å². The molecule has 0 aliphatic rings. The number of carbonyl (C=O) groups is 2. The zero-order chi connectivity index (χ0) is 21.4. The highest BCUT2D eigenvalue weighted by atomic mass is 16.6. The van der Waals surface area contributed by atoms with Gasteiger partial charge in [0.2, 0.25) is 0 Å². The van der Waals surface area contributed by atoms with Crippen molar-refractivity contribution in [1.82, 2.24) is 5.43 Å². The van der Waals surface area contributed by atoms with Crippen LogP contribution in [0.4, 0.5) is 11.4 Å². The van der Waals surface area contributed by atoms with Crippen LogP contribution in [0.2, 0.25) is 0 Å². The highest BCUT2D eigenvalue weighted by molar-refractivity contribution is 6.39. The van der Waals surface area contributed by atoms with E-state index in [-0.39, 0.29) is 11.4 Å². The normalized spacial score (nSPS) is 11.5. The van der Waals surface area contributed by atoms with E-state index in [0.29, 0.717) is 5.92 Å². The van der Waals surface area contributed by atoms with Gasteiger partial charge < -0.3 is 5.32 Å². The predicted octanol–water partition coefficient (Wildman–Crippen LogP) is 3.86. The van der Waals surface area contributed by atoms with Crippen LogP contribution < -0.4 is 10.7 Å². The first-order valence-corrected chi connectivity index (χ1v) is 8.93. The van der Waals surface area contributed by atoms with Gasteiger partial charge in [0.15, 0.2) is 0 Å². The highest BCUT2D eigenvalue weighted by Crippen LogP contribution is 2.17. The number of carbonyl (C=O) groups excluding carboxylic acids is 2. The summed E-state index contributed by atoms with van der Waals surface area (Å²) in [6.45, 7) is 6.07. The summed E-state index contributed by atoms with van der Waals surface area (Å²) >= 11 is 0. The second-order valence-electron chi connectivity index (χ2n) is 6.67. The van der Waals surface area contributed by atoms with E-state index in [4.69, 9.17) is 0 Å². The fraction of sp³-hybridized carbons (Fsp3) is 0.190. The number of hydrazone groups is 1. The Morgan fingerprint density at radius 1 is 1.10 bits per heavy atom. The third-order valence-corrected chi connectivity index (χ3v) is 3.95. The van der Waals surface area contributed by atoms with Gasteiger partial charge in [-0.3, -0.25) is 19.7 Å². The van der Waals surface area contributed by atoms with Crippen LogP contribution >= 0.6 is 0 Å². The van der Waals surface area contributed by atoms with E-state index in [1.807, 2.05) is 25.1 Å². The monoisotopic (exact) mass is 394 g/mol. The molecule has 0 atom stereocenters. The molecule has 0 saturated heterocycles. The molecule has 2 amide bonds. The van der Waals surface area contributed by atoms with Crippen molar-refractivity contribution >= 4 is 35.5 Å². The van der Waals surface area contributed by atoms with Crippen LogP contribution in [0.3, 0.4) is 0 Å². The van der Waals surface area contributed by atoms with Crippen LogP contribution in [0.15, 0.2) is 59.2 Å². The Morgan fingerprint density at radius 2 is 1.79 bits per heavy atom. The number of hydrogen-bond donors (Lipinski definition) is 2. The lowest BCUT2D eigenvalue weighted by Gasteiger charge is -2.05. The quantitative estimate of drug-likeness (QED) is 0.335. The van der Waals surface area contributed by atoms with E-state index in [2.05, 4.69) is 41.8 Å². The maximum atomic E-state index is 11.9. The number of amides is 2. The smallest absolute Gasteiger partial charge is 0.317 e. The number of nitrogens with one attached hydrogen (secondary N) is 2. The van der Waals surface area contributed by atoms with Crippen molar-refractivity contribution in [3.8, 4) is 0 Å². The van der Waals surface area contributed by atoms with Crippen molar-refractivity contribution in [3.63, 3.8) is 0 Å². The minimum absolute atomic E-state index is 0.143. The highest BCUT2D eigenvalue weighted by Gasteiger charge is 2.14. The number of nitro benzene ring substituents is 1. The van der Waals surface area contributed by atoms with Gasteiger partial charge in [0.25, 0.3) is 5.69 Å². The summed E-state index contributed by atoms with van der Waals surface area (Å²) < 4.78 is 0. The first kappa shape index (κ1) is 21.5. The molecule has 2 aromatic carbocycles. The molecule has 0 aromatic heterocycles. The van der Waals surface area contributed by atoms with Crippen molar-refractivity contribution in [2.75, 3.05) is 5.32 Å². The molecule has 0 spiro atoms. The molecule has 2 aromatic rings. The molecule has 8 nitrogen and oxygen atoms in total. The standard InChI is InChI=1S/C21H22N4O4/c1-14(2)17-9-7-16(8-10-17)11-15(3)13-22-24-21(27)20(26)23-18-5-4-6-19(12-18)25(28)29/h4-14H,1-3H3,(H,23,26)(H,24,27)/b15-11-,22-13-. The lowest BCUT2D eigenvalue weighted by molar-refractivity contribution is -0.384. The van der Waals surface area contributed by atoms with Gasteiger partial charge in [-0.05, 0) is 35.6 Å². The summed E-state index contributed by atoms with van der Waals surface area (Å²) in [5.74, 6) is -1.51. The van der Waals surface area contributed by atoms with Crippen LogP contribution in [0.25, 0.3) is 6.08 Å². The summed E-state index contributed by atoms with van der Waals surface area (Å²) in [6, 6.07) is 13.4. The lowest BCUT2D eigenvalue weighted by Crippen LogP contribution is -2.32. The fourth-order valence-electron chi connectivity index (χ4n) is 2.41. The Hall–Kier alpha value is -3.81. The van der Waals surface area contributed by atoms with Crippen molar-refractivity contribution in [3.05, 3.63) is 75.3 Å². The summed E-state index contributed by atoms with van der Waals surface area (Å²) in [5, 5.41) is 16.8. The Morgan fingerprint density at radius 3 is 2.41 bits per heavy atom. The maximum absolute atomic E-state index is 11.9. The molecule has 150 valence electrons. The van der Waals surface area contributed by atoms with Gasteiger partial charge in [-0.1, -0.05) is 50.3 Å². The van der Waals surface area contributed by atoms with Crippen LogP contribution in [0.1, 0.15) is 37.8 Å².